The first-order chi connectivity index (χ1) is 14.1. The minimum atomic E-state index is -0.561. The van der Waals surface area contributed by atoms with Crippen LogP contribution in [0.15, 0.2) is 36.7 Å². The maximum atomic E-state index is 12.1. The second-order valence-corrected chi connectivity index (χ2v) is 6.84. The molecule has 1 saturated heterocycles. The van der Waals surface area contributed by atoms with E-state index in [1.165, 1.54) is 25.6 Å². The number of carbonyl (C=O) groups is 1. The zero-order valence-corrected chi connectivity index (χ0v) is 16.1. The van der Waals surface area contributed by atoms with E-state index in [0.29, 0.717) is 6.54 Å². The highest BCUT2D eigenvalue weighted by Gasteiger charge is 2.23. The molecule has 1 fully saturated rings. The molecule has 0 atom stereocenters. The fourth-order valence-corrected chi connectivity index (χ4v) is 3.24. The number of nitrogens with zero attached hydrogens (tertiary/aromatic N) is 4. The van der Waals surface area contributed by atoms with E-state index >= 15 is 0 Å². The lowest BCUT2D eigenvalue weighted by atomic mass is 10.1. The number of rotatable bonds is 9. The number of nitrogens with one attached hydrogen (secondary N) is 3. The van der Waals surface area contributed by atoms with Crippen molar-refractivity contribution in [3.8, 4) is 0 Å². The summed E-state index contributed by atoms with van der Waals surface area (Å²) in [4.78, 5) is 33.3. The first-order valence-electron chi connectivity index (χ1n) is 9.68. The Morgan fingerprint density at radius 3 is 2.55 bits per heavy atom. The molecule has 1 aromatic heterocycles. The summed E-state index contributed by atoms with van der Waals surface area (Å²) in [6.07, 6.45) is 5.00. The van der Waals surface area contributed by atoms with Crippen LogP contribution in [-0.4, -0.2) is 51.9 Å². The Bertz CT molecular complexity index is 826. The molecule has 0 bridgehead atoms. The van der Waals surface area contributed by atoms with Crippen molar-refractivity contribution >= 4 is 23.2 Å². The van der Waals surface area contributed by atoms with E-state index in [9.17, 15) is 14.9 Å². The Balaban J connectivity index is 1.58. The monoisotopic (exact) mass is 399 g/mol. The molecule has 10 nitrogen and oxygen atoms in total. The highest BCUT2D eigenvalue weighted by molar-refractivity contribution is 5.80. The van der Waals surface area contributed by atoms with Crippen molar-refractivity contribution in [2.75, 3.05) is 36.9 Å². The van der Waals surface area contributed by atoms with Gasteiger partial charge in [0.2, 0.25) is 17.5 Å². The number of hydrogen-bond acceptors (Lipinski definition) is 8. The van der Waals surface area contributed by atoms with Gasteiger partial charge in [0.1, 0.15) is 6.33 Å². The predicted molar refractivity (Wildman–Crippen MR) is 109 cm³/mol. The number of likely N-dealkylation sites (tertiary alicyclic amines) is 1. The standard InChI is InChI=1S/C19H25N7O3/c27-16(13-15-7-3-1-4-8-15)23-24-19-17(26(28)29)18(21-14-22-19)20-9-12-25-10-5-2-6-11-25/h1,3-4,7-8,14H,2,5-6,9-13H2,(H,23,27)(H2,20,21,22,24). The van der Waals surface area contributed by atoms with Crippen molar-refractivity contribution in [3.05, 3.63) is 52.3 Å². The Morgan fingerprint density at radius 1 is 1.10 bits per heavy atom. The van der Waals surface area contributed by atoms with Crippen LogP contribution in [0.1, 0.15) is 24.8 Å². The van der Waals surface area contributed by atoms with Crippen molar-refractivity contribution < 1.29 is 9.72 Å². The fourth-order valence-electron chi connectivity index (χ4n) is 3.24. The van der Waals surface area contributed by atoms with Gasteiger partial charge in [-0.3, -0.25) is 25.8 Å². The fraction of sp³-hybridized carbons (Fsp3) is 0.421. The van der Waals surface area contributed by atoms with E-state index in [1.54, 1.807) is 0 Å². The van der Waals surface area contributed by atoms with Gasteiger partial charge in [0.25, 0.3) is 0 Å². The van der Waals surface area contributed by atoms with Crippen molar-refractivity contribution in [2.24, 2.45) is 0 Å². The second kappa shape index (κ2) is 10.3. The first-order valence-corrected chi connectivity index (χ1v) is 9.68. The van der Waals surface area contributed by atoms with Gasteiger partial charge in [-0.2, -0.15) is 0 Å². The average molecular weight is 399 g/mol. The third-order valence-electron chi connectivity index (χ3n) is 4.70. The zero-order valence-electron chi connectivity index (χ0n) is 16.1. The molecule has 0 spiro atoms. The molecular weight excluding hydrogens is 374 g/mol. The van der Waals surface area contributed by atoms with Crippen LogP contribution in [0, 0.1) is 10.1 Å². The maximum Gasteiger partial charge on any atom is 0.354 e. The van der Waals surface area contributed by atoms with Crippen LogP contribution in [0.25, 0.3) is 0 Å². The highest BCUT2D eigenvalue weighted by atomic mass is 16.6. The highest BCUT2D eigenvalue weighted by Crippen LogP contribution is 2.28. The van der Waals surface area contributed by atoms with Crippen molar-refractivity contribution in [3.63, 3.8) is 0 Å². The van der Waals surface area contributed by atoms with Gasteiger partial charge in [0.05, 0.1) is 11.3 Å². The number of benzene rings is 1. The van der Waals surface area contributed by atoms with Crippen LogP contribution in [0.4, 0.5) is 17.3 Å². The van der Waals surface area contributed by atoms with Crippen molar-refractivity contribution in [1.82, 2.24) is 20.3 Å². The van der Waals surface area contributed by atoms with E-state index in [4.69, 9.17) is 0 Å². The molecule has 2 aromatic rings. The molecule has 2 heterocycles. The predicted octanol–water partition coefficient (Wildman–Crippen LogP) is 1.97. The lowest BCUT2D eigenvalue weighted by molar-refractivity contribution is -0.383. The van der Waals surface area contributed by atoms with Gasteiger partial charge in [-0.25, -0.2) is 9.97 Å². The minimum absolute atomic E-state index is 0.0631. The number of anilines is 2. The first kappa shape index (κ1) is 20.5. The third-order valence-corrected chi connectivity index (χ3v) is 4.70. The number of carbonyl (C=O) groups excluding carboxylic acids is 1. The minimum Gasteiger partial charge on any atom is -0.363 e. The molecule has 0 unspecified atom stereocenters. The summed E-state index contributed by atoms with van der Waals surface area (Å²) in [5.74, 6) is -0.266. The summed E-state index contributed by atoms with van der Waals surface area (Å²) in [6, 6.07) is 9.21. The molecule has 29 heavy (non-hydrogen) atoms. The summed E-state index contributed by atoms with van der Waals surface area (Å²) in [6.45, 7) is 3.43. The number of amides is 1. The molecule has 1 amide bonds. The average Bonchev–Trinajstić information content (AvgIpc) is 2.73. The molecule has 1 aromatic carbocycles. The smallest absolute Gasteiger partial charge is 0.354 e. The van der Waals surface area contributed by atoms with Crippen LogP contribution in [0.3, 0.4) is 0 Å². The SMILES string of the molecule is O=C(Cc1ccccc1)NNc1ncnc(NCCN2CCCCC2)c1[N+](=O)[O-]. The van der Waals surface area contributed by atoms with Gasteiger partial charge >= 0.3 is 5.69 Å². The molecule has 154 valence electrons. The van der Waals surface area contributed by atoms with E-state index < -0.39 is 4.92 Å². The lowest BCUT2D eigenvalue weighted by Gasteiger charge is -2.26. The number of piperidine rings is 1. The van der Waals surface area contributed by atoms with Gasteiger partial charge in [-0.15, -0.1) is 0 Å². The summed E-state index contributed by atoms with van der Waals surface area (Å²) < 4.78 is 0. The maximum absolute atomic E-state index is 12.1. The van der Waals surface area contributed by atoms with E-state index in [1.807, 2.05) is 30.3 Å². The van der Waals surface area contributed by atoms with Crippen LogP contribution in [-0.2, 0) is 11.2 Å². The molecule has 0 radical (unpaired) electrons. The Kier molecular flexibility index (Phi) is 7.28. The number of hydrazine groups is 1. The van der Waals surface area contributed by atoms with Gasteiger partial charge < -0.3 is 10.2 Å². The summed E-state index contributed by atoms with van der Waals surface area (Å²) in [5, 5.41) is 14.6. The quantitative estimate of drug-likeness (QED) is 0.432. The molecular formula is C19H25N7O3. The Morgan fingerprint density at radius 2 is 1.83 bits per heavy atom. The Hall–Kier alpha value is -3.27. The van der Waals surface area contributed by atoms with Gasteiger partial charge in [0.15, 0.2) is 0 Å². The number of nitro groups is 1. The number of aromatic nitrogens is 2. The van der Waals surface area contributed by atoms with Crippen LogP contribution >= 0.6 is 0 Å². The molecule has 0 aliphatic carbocycles. The van der Waals surface area contributed by atoms with Crippen molar-refractivity contribution in [2.45, 2.75) is 25.7 Å². The molecule has 3 rings (SSSR count). The Labute approximate surface area is 168 Å². The molecule has 10 heteroatoms. The molecule has 1 aliphatic rings. The van der Waals surface area contributed by atoms with Crippen molar-refractivity contribution in [1.29, 1.82) is 0 Å². The number of hydrogen-bond donors (Lipinski definition) is 3. The molecule has 3 N–H and O–H groups in total. The topological polar surface area (TPSA) is 125 Å². The summed E-state index contributed by atoms with van der Waals surface area (Å²) >= 11 is 0. The summed E-state index contributed by atoms with van der Waals surface area (Å²) in [5.41, 5.74) is 5.55. The van der Waals surface area contributed by atoms with Gasteiger partial charge in [0, 0.05) is 13.1 Å². The normalized spacial score (nSPS) is 14.2. The largest absolute Gasteiger partial charge is 0.363 e. The molecule has 1 aliphatic heterocycles. The summed E-state index contributed by atoms with van der Waals surface area (Å²) in [7, 11) is 0. The van der Waals surface area contributed by atoms with Crippen LogP contribution in [0.5, 0.6) is 0 Å². The zero-order chi connectivity index (χ0) is 20.5. The third kappa shape index (κ3) is 6.11. The van der Waals surface area contributed by atoms with Crippen LogP contribution in [0.2, 0.25) is 0 Å². The van der Waals surface area contributed by atoms with Crippen LogP contribution < -0.4 is 16.2 Å². The van der Waals surface area contributed by atoms with E-state index in [-0.39, 0.29) is 29.7 Å². The van der Waals surface area contributed by atoms with Gasteiger partial charge in [-0.05, 0) is 31.5 Å². The van der Waals surface area contributed by atoms with E-state index in [2.05, 4.69) is 31.0 Å². The van der Waals surface area contributed by atoms with E-state index in [0.717, 1.165) is 25.2 Å². The molecule has 0 saturated carbocycles. The second-order valence-electron chi connectivity index (χ2n) is 6.84. The lowest BCUT2D eigenvalue weighted by Crippen LogP contribution is -2.34. The van der Waals surface area contributed by atoms with Gasteiger partial charge in [-0.1, -0.05) is 36.8 Å².